The summed E-state index contributed by atoms with van der Waals surface area (Å²) in [4.78, 5) is -0.148. The van der Waals surface area contributed by atoms with Crippen LogP contribution in [-0.2, 0) is 16.6 Å². The summed E-state index contributed by atoms with van der Waals surface area (Å²) in [7, 11) is -4.21. The van der Waals surface area contributed by atoms with E-state index in [-0.39, 0.29) is 24.3 Å². The first-order chi connectivity index (χ1) is 9.11. The summed E-state index contributed by atoms with van der Waals surface area (Å²) in [6, 6.07) is 4.34. The van der Waals surface area contributed by atoms with E-state index >= 15 is 0 Å². The fourth-order valence-electron chi connectivity index (χ4n) is 2.02. The molecule has 0 heterocycles. The van der Waals surface area contributed by atoms with Gasteiger partial charge in [0.25, 0.3) is 0 Å². The Balaban J connectivity index is 2.33. The van der Waals surface area contributed by atoms with Crippen molar-refractivity contribution in [1.82, 2.24) is 4.72 Å². The molecule has 3 N–H and O–H groups in total. The number of nitrogens with two attached hydrogens (primary N) is 1. The standard InChI is InChI=1S/C12H15F3N2O2S/c1-8-6-9(7-16)2-3-10(8)20(18,19)17-11(4-5-11)12(13,14)15/h2-3,6,17H,4-5,7,16H2,1H3. The average Bonchev–Trinajstić information content (AvgIpc) is 3.08. The molecule has 0 atom stereocenters. The summed E-state index contributed by atoms with van der Waals surface area (Å²) in [6.07, 6.45) is -5.03. The van der Waals surface area contributed by atoms with E-state index in [1.807, 2.05) is 0 Å². The third kappa shape index (κ3) is 2.68. The van der Waals surface area contributed by atoms with Gasteiger partial charge in [-0.05, 0) is 37.0 Å². The van der Waals surface area contributed by atoms with Crippen molar-refractivity contribution in [2.45, 2.75) is 42.9 Å². The quantitative estimate of drug-likeness (QED) is 0.891. The van der Waals surface area contributed by atoms with E-state index < -0.39 is 21.7 Å². The second-order valence-electron chi connectivity index (χ2n) is 4.99. The lowest BCUT2D eigenvalue weighted by Gasteiger charge is -2.21. The fourth-order valence-corrected chi connectivity index (χ4v) is 3.69. The highest BCUT2D eigenvalue weighted by molar-refractivity contribution is 7.89. The van der Waals surface area contributed by atoms with Crippen molar-refractivity contribution in [3.05, 3.63) is 29.3 Å². The predicted molar refractivity (Wildman–Crippen MR) is 67.4 cm³/mol. The van der Waals surface area contributed by atoms with Gasteiger partial charge < -0.3 is 5.73 Å². The number of aryl methyl sites for hydroxylation is 1. The molecule has 1 fully saturated rings. The Morgan fingerprint density at radius 1 is 1.35 bits per heavy atom. The van der Waals surface area contributed by atoms with Gasteiger partial charge in [-0.15, -0.1) is 0 Å². The summed E-state index contributed by atoms with van der Waals surface area (Å²) in [5.41, 5.74) is 4.23. The maximum atomic E-state index is 12.8. The van der Waals surface area contributed by atoms with Crippen LogP contribution in [0, 0.1) is 6.92 Å². The highest BCUT2D eigenvalue weighted by atomic mass is 32.2. The number of benzene rings is 1. The maximum Gasteiger partial charge on any atom is 0.407 e. The SMILES string of the molecule is Cc1cc(CN)ccc1S(=O)(=O)NC1(C(F)(F)F)CC1. The van der Waals surface area contributed by atoms with Crippen molar-refractivity contribution in [3.8, 4) is 0 Å². The number of hydrogen-bond acceptors (Lipinski definition) is 3. The number of hydrogen-bond donors (Lipinski definition) is 2. The Bertz CT molecular complexity index is 622. The first kappa shape index (κ1) is 15.3. The minimum Gasteiger partial charge on any atom is -0.326 e. The Hall–Kier alpha value is -1.12. The molecule has 1 saturated carbocycles. The molecule has 0 saturated heterocycles. The summed E-state index contributed by atoms with van der Waals surface area (Å²) in [6.45, 7) is 1.77. The molecule has 0 aromatic heterocycles. The highest BCUT2D eigenvalue weighted by Gasteiger charge is 2.65. The molecule has 0 aliphatic heterocycles. The lowest BCUT2D eigenvalue weighted by atomic mass is 10.1. The molecule has 0 amide bonds. The van der Waals surface area contributed by atoms with Gasteiger partial charge in [-0.2, -0.15) is 17.9 Å². The van der Waals surface area contributed by atoms with E-state index in [1.165, 1.54) is 19.1 Å². The Morgan fingerprint density at radius 3 is 2.35 bits per heavy atom. The molecule has 1 aliphatic carbocycles. The summed E-state index contributed by atoms with van der Waals surface area (Å²) in [5, 5.41) is 0. The smallest absolute Gasteiger partial charge is 0.326 e. The van der Waals surface area contributed by atoms with Crippen LogP contribution in [0.4, 0.5) is 13.2 Å². The van der Waals surface area contributed by atoms with Crippen molar-refractivity contribution in [1.29, 1.82) is 0 Å². The van der Waals surface area contributed by atoms with Crippen LogP contribution in [0.5, 0.6) is 0 Å². The van der Waals surface area contributed by atoms with E-state index in [0.717, 1.165) is 5.56 Å². The van der Waals surface area contributed by atoms with Crippen LogP contribution in [0.3, 0.4) is 0 Å². The van der Waals surface area contributed by atoms with Gasteiger partial charge in [0.15, 0.2) is 0 Å². The normalized spacial score (nSPS) is 18.1. The van der Waals surface area contributed by atoms with E-state index in [4.69, 9.17) is 5.73 Å². The minimum atomic E-state index is -4.58. The summed E-state index contributed by atoms with van der Waals surface area (Å²) in [5.74, 6) is 0. The number of alkyl halides is 3. The zero-order valence-electron chi connectivity index (χ0n) is 10.8. The van der Waals surface area contributed by atoms with Gasteiger partial charge in [-0.3, -0.25) is 0 Å². The van der Waals surface area contributed by atoms with Crippen molar-refractivity contribution >= 4 is 10.0 Å². The second kappa shape index (κ2) is 4.71. The topological polar surface area (TPSA) is 72.2 Å². The number of halogens is 3. The molecule has 112 valence electrons. The monoisotopic (exact) mass is 308 g/mol. The Labute approximate surface area is 115 Å². The molecule has 1 aliphatic rings. The molecule has 0 radical (unpaired) electrons. The molecule has 0 spiro atoms. The van der Waals surface area contributed by atoms with Crippen molar-refractivity contribution in [2.75, 3.05) is 0 Å². The Kier molecular flexibility index (Phi) is 3.60. The lowest BCUT2D eigenvalue weighted by Crippen LogP contribution is -2.47. The van der Waals surface area contributed by atoms with Gasteiger partial charge in [0.2, 0.25) is 10.0 Å². The molecular weight excluding hydrogens is 293 g/mol. The first-order valence-corrected chi connectivity index (χ1v) is 7.50. The molecule has 4 nitrogen and oxygen atoms in total. The Morgan fingerprint density at radius 2 is 1.95 bits per heavy atom. The van der Waals surface area contributed by atoms with Crippen molar-refractivity contribution < 1.29 is 21.6 Å². The van der Waals surface area contributed by atoms with Crippen LogP contribution < -0.4 is 10.5 Å². The fraction of sp³-hybridized carbons (Fsp3) is 0.500. The highest BCUT2D eigenvalue weighted by Crippen LogP contribution is 2.49. The van der Waals surface area contributed by atoms with Gasteiger partial charge in [0.05, 0.1) is 4.90 Å². The predicted octanol–water partition coefficient (Wildman–Crippen LogP) is 1.83. The van der Waals surface area contributed by atoms with Crippen molar-refractivity contribution in [2.24, 2.45) is 5.73 Å². The molecule has 20 heavy (non-hydrogen) atoms. The van der Waals surface area contributed by atoms with Crippen LogP contribution in [0.15, 0.2) is 23.1 Å². The van der Waals surface area contributed by atoms with Gasteiger partial charge >= 0.3 is 6.18 Å². The molecule has 0 bridgehead atoms. The largest absolute Gasteiger partial charge is 0.407 e. The van der Waals surface area contributed by atoms with Crippen LogP contribution >= 0.6 is 0 Å². The lowest BCUT2D eigenvalue weighted by molar-refractivity contribution is -0.160. The number of rotatable bonds is 4. The molecule has 0 unspecified atom stereocenters. The maximum absolute atomic E-state index is 12.8. The minimum absolute atomic E-state index is 0.148. The van der Waals surface area contributed by atoms with Crippen LogP contribution in [-0.4, -0.2) is 20.1 Å². The number of sulfonamides is 1. The first-order valence-electron chi connectivity index (χ1n) is 6.02. The summed E-state index contributed by atoms with van der Waals surface area (Å²) < 4.78 is 64.5. The van der Waals surface area contributed by atoms with Gasteiger partial charge in [0, 0.05) is 6.54 Å². The third-order valence-corrected chi connectivity index (χ3v) is 5.08. The van der Waals surface area contributed by atoms with Crippen LogP contribution in [0.1, 0.15) is 24.0 Å². The molecule has 1 aromatic carbocycles. The second-order valence-corrected chi connectivity index (χ2v) is 6.64. The van der Waals surface area contributed by atoms with Crippen LogP contribution in [0.25, 0.3) is 0 Å². The van der Waals surface area contributed by atoms with E-state index in [9.17, 15) is 21.6 Å². The molecular formula is C12H15F3N2O2S. The summed E-state index contributed by atoms with van der Waals surface area (Å²) >= 11 is 0. The zero-order valence-corrected chi connectivity index (χ0v) is 11.6. The number of nitrogens with one attached hydrogen (secondary N) is 1. The van der Waals surface area contributed by atoms with Crippen molar-refractivity contribution in [3.63, 3.8) is 0 Å². The molecule has 1 aromatic rings. The van der Waals surface area contributed by atoms with Crippen LogP contribution in [0.2, 0.25) is 0 Å². The average molecular weight is 308 g/mol. The third-order valence-electron chi connectivity index (χ3n) is 3.39. The van der Waals surface area contributed by atoms with Gasteiger partial charge in [-0.25, -0.2) is 8.42 Å². The zero-order chi connectivity index (χ0) is 15.2. The molecule has 2 rings (SSSR count). The van der Waals surface area contributed by atoms with E-state index in [2.05, 4.69) is 0 Å². The molecule has 8 heteroatoms. The van der Waals surface area contributed by atoms with Gasteiger partial charge in [0.1, 0.15) is 5.54 Å². The van der Waals surface area contributed by atoms with E-state index in [0.29, 0.717) is 5.56 Å². The van der Waals surface area contributed by atoms with Gasteiger partial charge in [-0.1, -0.05) is 12.1 Å². The van der Waals surface area contributed by atoms with E-state index in [1.54, 1.807) is 10.8 Å².